The fraction of sp³-hybridized carbons (Fsp3) is 0.158. The molecular weight excluding hydrogens is 322 g/mol. The first kappa shape index (κ1) is 15.0. The average molecular weight is 338 g/mol. The van der Waals surface area contributed by atoms with Crippen LogP contribution in [-0.2, 0) is 13.5 Å². The zero-order valence-corrected chi connectivity index (χ0v) is 14.2. The van der Waals surface area contributed by atoms with Crippen LogP contribution in [0.4, 0.5) is 0 Å². The third kappa shape index (κ3) is 2.00. The molecule has 3 aromatic heterocycles. The van der Waals surface area contributed by atoms with Gasteiger partial charge in [-0.05, 0) is 36.2 Å². The minimum Gasteiger partial charge on any atom is -0.334 e. The van der Waals surface area contributed by atoms with Crippen LogP contribution in [0.15, 0.2) is 42.9 Å². The Kier molecular flexibility index (Phi) is 3.43. The number of aldehydes is 1. The average Bonchev–Trinajstić information content (AvgIpc) is 3.18. The monoisotopic (exact) mass is 337 g/mol. The number of fused-ring (bicyclic) bond motifs is 2. The van der Waals surface area contributed by atoms with E-state index >= 15 is 0 Å². The molecule has 0 N–H and O–H groups in total. The van der Waals surface area contributed by atoms with E-state index in [0.29, 0.717) is 10.7 Å². The second kappa shape index (κ2) is 5.49. The standard InChI is InChI=1S/C19H16ClN3O/c1-3-12-9-16-19(21-11-22(16)2)18(20)17(12)14-5-4-8-23-13(10-24)6-7-15(14)23/h4-11H,3H2,1-2H3. The van der Waals surface area contributed by atoms with Crippen LogP contribution in [0.2, 0.25) is 5.02 Å². The van der Waals surface area contributed by atoms with Crippen LogP contribution in [0, 0.1) is 0 Å². The van der Waals surface area contributed by atoms with Crippen molar-refractivity contribution in [3.8, 4) is 11.1 Å². The van der Waals surface area contributed by atoms with Gasteiger partial charge in [0.05, 0.1) is 28.1 Å². The topological polar surface area (TPSA) is 39.3 Å². The molecule has 0 saturated carbocycles. The summed E-state index contributed by atoms with van der Waals surface area (Å²) in [6.07, 6.45) is 5.39. The minimum atomic E-state index is 0.625. The molecule has 0 fully saturated rings. The Morgan fingerprint density at radius 3 is 2.83 bits per heavy atom. The van der Waals surface area contributed by atoms with Gasteiger partial charge in [-0.15, -0.1) is 0 Å². The molecule has 0 aliphatic heterocycles. The van der Waals surface area contributed by atoms with Gasteiger partial charge in [0, 0.05) is 24.4 Å². The van der Waals surface area contributed by atoms with Crippen LogP contribution in [-0.4, -0.2) is 20.2 Å². The number of carbonyl (C=O) groups is 1. The highest BCUT2D eigenvalue weighted by Gasteiger charge is 2.18. The number of pyridine rings is 1. The van der Waals surface area contributed by atoms with Crippen LogP contribution < -0.4 is 0 Å². The summed E-state index contributed by atoms with van der Waals surface area (Å²) in [5.74, 6) is 0. The normalized spacial score (nSPS) is 11.5. The number of aromatic nitrogens is 3. The van der Waals surface area contributed by atoms with Crippen LogP contribution in [0.25, 0.3) is 27.7 Å². The van der Waals surface area contributed by atoms with Gasteiger partial charge in [0.25, 0.3) is 0 Å². The Morgan fingerprint density at radius 2 is 2.08 bits per heavy atom. The van der Waals surface area contributed by atoms with Crippen molar-refractivity contribution in [3.05, 3.63) is 59.1 Å². The zero-order valence-electron chi connectivity index (χ0n) is 13.5. The second-order valence-electron chi connectivity index (χ2n) is 5.85. The Labute approximate surface area is 144 Å². The molecule has 0 saturated heterocycles. The van der Waals surface area contributed by atoms with Crippen LogP contribution in [0.5, 0.6) is 0 Å². The molecule has 120 valence electrons. The van der Waals surface area contributed by atoms with Crippen molar-refractivity contribution in [2.45, 2.75) is 13.3 Å². The van der Waals surface area contributed by atoms with Crippen LogP contribution in [0.3, 0.4) is 0 Å². The summed E-state index contributed by atoms with van der Waals surface area (Å²) in [5, 5.41) is 0.659. The molecule has 1 aromatic carbocycles. The summed E-state index contributed by atoms with van der Waals surface area (Å²) in [6.45, 7) is 2.12. The maximum absolute atomic E-state index is 11.2. The fourth-order valence-electron chi connectivity index (χ4n) is 3.31. The smallest absolute Gasteiger partial charge is 0.166 e. The fourth-order valence-corrected chi connectivity index (χ4v) is 3.68. The van der Waals surface area contributed by atoms with Crippen LogP contribution in [0.1, 0.15) is 23.0 Å². The number of carbonyl (C=O) groups excluding carboxylic acids is 1. The summed E-state index contributed by atoms with van der Waals surface area (Å²) in [7, 11) is 1.97. The molecule has 4 nitrogen and oxygen atoms in total. The molecule has 0 amide bonds. The molecule has 0 bridgehead atoms. The maximum Gasteiger partial charge on any atom is 0.166 e. The number of benzene rings is 1. The first-order chi connectivity index (χ1) is 11.7. The number of hydrogen-bond acceptors (Lipinski definition) is 2. The van der Waals surface area contributed by atoms with Crippen molar-refractivity contribution in [1.82, 2.24) is 14.0 Å². The molecule has 4 rings (SSSR count). The third-order valence-electron chi connectivity index (χ3n) is 4.54. The molecule has 0 radical (unpaired) electrons. The summed E-state index contributed by atoms with van der Waals surface area (Å²) >= 11 is 6.76. The molecule has 0 aliphatic rings. The quantitative estimate of drug-likeness (QED) is 0.515. The van der Waals surface area contributed by atoms with Crippen molar-refractivity contribution in [3.63, 3.8) is 0 Å². The molecule has 0 unspecified atom stereocenters. The molecule has 0 aliphatic carbocycles. The highest BCUT2D eigenvalue weighted by Crippen LogP contribution is 2.39. The molecule has 0 spiro atoms. The van der Waals surface area contributed by atoms with Gasteiger partial charge < -0.3 is 8.97 Å². The van der Waals surface area contributed by atoms with Gasteiger partial charge in [-0.3, -0.25) is 4.79 Å². The van der Waals surface area contributed by atoms with E-state index in [9.17, 15) is 4.79 Å². The predicted octanol–water partition coefficient (Wildman–Crippen LogP) is 4.52. The van der Waals surface area contributed by atoms with Gasteiger partial charge in [0.1, 0.15) is 5.52 Å². The number of imidazole rings is 1. The SMILES string of the molecule is CCc1cc2c(ncn2C)c(Cl)c1-c1cccn2c(C=O)ccc12. The molecule has 24 heavy (non-hydrogen) atoms. The molecule has 3 heterocycles. The van der Waals surface area contributed by atoms with Crippen molar-refractivity contribution >= 4 is 34.4 Å². The first-order valence-electron chi connectivity index (χ1n) is 7.83. The molecule has 4 aromatic rings. The molecule has 5 heteroatoms. The van der Waals surface area contributed by atoms with Crippen molar-refractivity contribution in [1.29, 1.82) is 0 Å². The van der Waals surface area contributed by atoms with Crippen molar-refractivity contribution in [2.75, 3.05) is 0 Å². The van der Waals surface area contributed by atoms with Gasteiger partial charge in [0.2, 0.25) is 0 Å². The lowest BCUT2D eigenvalue weighted by Gasteiger charge is -2.14. The number of rotatable bonds is 3. The van der Waals surface area contributed by atoms with E-state index in [2.05, 4.69) is 18.0 Å². The summed E-state index contributed by atoms with van der Waals surface area (Å²) in [6, 6.07) is 9.91. The van der Waals surface area contributed by atoms with E-state index in [-0.39, 0.29) is 0 Å². The summed E-state index contributed by atoms with van der Waals surface area (Å²) in [4.78, 5) is 15.7. The van der Waals surface area contributed by atoms with E-state index < -0.39 is 0 Å². The van der Waals surface area contributed by atoms with E-state index in [4.69, 9.17) is 11.6 Å². The number of hydrogen-bond donors (Lipinski definition) is 0. The van der Waals surface area contributed by atoms with Gasteiger partial charge in [0.15, 0.2) is 6.29 Å². The predicted molar refractivity (Wildman–Crippen MR) is 96.9 cm³/mol. The van der Waals surface area contributed by atoms with E-state index in [1.54, 1.807) is 6.33 Å². The number of nitrogens with zero attached hydrogens (tertiary/aromatic N) is 3. The van der Waals surface area contributed by atoms with E-state index in [1.807, 2.05) is 46.5 Å². The van der Waals surface area contributed by atoms with Gasteiger partial charge in [-0.2, -0.15) is 0 Å². The van der Waals surface area contributed by atoms with Crippen molar-refractivity contribution in [2.24, 2.45) is 7.05 Å². The number of aryl methyl sites for hydroxylation is 2. The lowest BCUT2D eigenvalue weighted by molar-refractivity contribution is 0.111. The van der Waals surface area contributed by atoms with Gasteiger partial charge in [-0.1, -0.05) is 24.6 Å². The lowest BCUT2D eigenvalue weighted by atomic mass is 9.96. The van der Waals surface area contributed by atoms with E-state index in [1.165, 1.54) is 0 Å². The van der Waals surface area contributed by atoms with Gasteiger partial charge >= 0.3 is 0 Å². The highest BCUT2D eigenvalue weighted by molar-refractivity contribution is 6.38. The van der Waals surface area contributed by atoms with Crippen molar-refractivity contribution < 1.29 is 4.79 Å². The maximum atomic E-state index is 11.2. The largest absolute Gasteiger partial charge is 0.334 e. The van der Waals surface area contributed by atoms with Gasteiger partial charge in [-0.25, -0.2) is 4.98 Å². The Morgan fingerprint density at radius 1 is 1.25 bits per heavy atom. The second-order valence-corrected chi connectivity index (χ2v) is 6.23. The minimum absolute atomic E-state index is 0.625. The Bertz CT molecular complexity index is 1090. The zero-order chi connectivity index (χ0) is 16.8. The lowest BCUT2D eigenvalue weighted by Crippen LogP contribution is -1.96. The Balaban J connectivity index is 2.12. The summed E-state index contributed by atoms with van der Waals surface area (Å²) in [5.41, 5.74) is 6.59. The highest BCUT2D eigenvalue weighted by atomic mass is 35.5. The van der Waals surface area contributed by atoms with E-state index in [0.717, 1.165) is 45.9 Å². The molecule has 0 atom stereocenters. The molecular formula is C19H16ClN3O. The summed E-state index contributed by atoms with van der Waals surface area (Å²) < 4.78 is 3.87. The third-order valence-corrected chi connectivity index (χ3v) is 4.90. The Hall–Kier alpha value is -2.59. The number of halogens is 1. The van der Waals surface area contributed by atoms with Crippen LogP contribution >= 0.6 is 11.6 Å². The first-order valence-corrected chi connectivity index (χ1v) is 8.21.